The average Bonchev–Trinajstić information content (AvgIpc) is 3.40. The molecule has 0 N–H and O–H groups in total. The first-order valence-electron chi connectivity index (χ1n) is 11.0. The number of carbonyl (C=O) groups excluding carboxylic acids is 2. The zero-order chi connectivity index (χ0) is 22.2. The maximum Gasteiger partial charge on any atom is 0.328 e. The number of urea groups is 1. The van der Waals surface area contributed by atoms with Crippen molar-refractivity contribution in [2.75, 3.05) is 38.7 Å². The molecule has 2 saturated heterocycles. The minimum absolute atomic E-state index is 0.151. The molecule has 2 aromatic rings. The molecular formula is C24H27N5O3. The van der Waals surface area contributed by atoms with E-state index in [0.717, 1.165) is 36.8 Å². The van der Waals surface area contributed by atoms with Gasteiger partial charge in [0.05, 0.1) is 7.11 Å². The Balaban J connectivity index is 1.32. The van der Waals surface area contributed by atoms with Crippen molar-refractivity contribution in [3.8, 4) is 5.75 Å². The minimum atomic E-state index is -0.489. The van der Waals surface area contributed by atoms with E-state index in [4.69, 9.17) is 9.73 Å². The third-order valence-corrected chi connectivity index (χ3v) is 6.45. The molecule has 3 aliphatic rings. The van der Waals surface area contributed by atoms with E-state index in [1.54, 1.807) is 19.1 Å². The summed E-state index contributed by atoms with van der Waals surface area (Å²) in [5.74, 6) is 1.39. The second-order valence-corrected chi connectivity index (χ2v) is 8.30. The molecule has 0 saturated carbocycles. The van der Waals surface area contributed by atoms with Gasteiger partial charge in [-0.05, 0) is 42.7 Å². The van der Waals surface area contributed by atoms with Gasteiger partial charge in [0.1, 0.15) is 5.75 Å². The Morgan fingerprint density at radius 1 is 1.03 bits per heavy atom. The quantitative estimate of drug-likeness (QED) is 0.700. The normalized spacial score (nSPS) is 22.2. The summed E-state index contributed by atoms with van der Waals surface area (Å²) in [6, 6.07) is 17.2. The van der Waals surface area contributed by atoms with Gasteiger partial charge in [-0.25, -0.2) is 9.79 Å². The lowest BCUT2D eigenvalue weighted by molar-refractivity contribution is -0.137. The van der Waals surface area contributed by atoms with Gasteiger partial charge in [0, 0.05) is 32.4 Å². The maximum atomic E-state index is 13.4. The number of hydrogen-bond donors (Lipinski definition) is 0. The number of amides is 3. The van der Waals surface area contributed by atoms with E-state index < -0.39 is 12.2 Å². The van der Waals surface area contributed by atoms with E-state index in [-0.39, 0.29) is 11.9 Å². The van der Waals surface area contributed by atoms with E-state index in [0.29, 0.717) is 13.1 Å². The van der Waals surface area contributed by atoms with Crippen molar-refractivity contribution >= 4 is 23.6 Å². The number of nitrogens with zero attached hydrogens (tertiary/aromatic N) is 5. The Hall–Kier alpha value is -3.55. The van der Waals surface area contributed by atoms with Crippen LogP contribution >= 0.6 is 0 Å². The molecule has 32 heavy (non-hydrogen) atoms. The second-order valence-electron chi connectivity index (χ2n) is 8.30. The van der Waals surface area contributed by atoms with E-state index >= 15 is 0 Å². The van der Waals surface area contributed by atoms with Crippen LogP contribution in [0.1, 0.15) is 12.0 Å². The van der Waals surface area contributed by atoms with Gasteiger partial charge in [-0.1, -0.05) is 30.3 Å². The number of fused-ring (bicyclic) bond motifs is 3. The molecule has 0 aromatic heterocycles. The number of rotatable bonds is 6. The molecule has 2 unspecified atom stereocenters. The van der Waals surface area contributed by atoms with E-state index in [1.165, 1.54) is 10.5 Å². The molecule has 0 spiro atoms. The number of aryl methyl sites for hydroxylation is 1. The second kappa shape index (κ2) is 8.18. The van der Waals surface area contributed by atoms with Crippen LogP contribution in [0, 0.1) is 0 Å². The van der Waals surface area contributed by atoms with Crippen LogP contribution in [0.3, 0.4) is 0 Å². The van der Waals surface area contributed by atoms with Crippen molar-refractivity contribution in [3.05, 3.63) is 60.2 Å². The molecule has 3 amide bonds. The average molecular weight is 434 g/mol. The first kappa shape index (κ1) is 20.4. The number of methoxy groups -OCH3 is 1. The van der Waals surface area contributed by atoms with Crippen LogP contribution in [-0.4, -0.2) is 78.6 Å². The highest BCUT2D eigenvalue weighted by molar-refractivity contribution is 6.08. The highest BCUT2D eigenvalue weighted by atomic mass is 16.5. The van der Waals surface area contributed by atoms with Gasteiger partial charge in [-0.15, -0.1) is 0 Å². The summed E-state index contributed by atoms with van der Waals surface area (Å²) in [7, 11) is 3.38. The van der Waals surface area contributed by atoms with Gasteiger partial charge in [0.15, 0.2) is 12.2 Å². The van der Waals surface area contributed by atoms with Gasteiger partial charge < -0.3 is 19.4 Å². The Bertz CT molecular complexity index is 1040. The number of likely N-dealkylation sites (N-methyl/N-ethyl adjacent to an activating group) is 1. The highest BCUT2D eigenvalue weighted by Gasteiger charge is 2.54. The van der Waals surface area contributed by atoms with Crippen molar-refractivity contribution in [2.45, 2.75) is 25.0 Å². The van der Waals surface area contributed by atoms with Crippen molar-refractivity contribution in [3.63, 3.8) is 0 Å². The first-order chi connectivity index (χ1) is 15.6. The molecule has 2 atom stereocenters. The Labute approximate surface area is 187 Å². The van der Waals surface area contributed by atoms with Crippen molar-refractivity contribution in [1.29, 1.82) is 0 Å². The molecule has 8 nitrogen and oxygen atoms in total. The van der Waals surface area contributed by atoms with Gasteiger partial charge >= 0.3 is 6.03 Å². The monoisotopic (exact) mass is 433 g/mol. The molecule has 0 radical (unpaired) electrons. The summed E-state index contributed by atoms with van der Waals surface area (Å²) in [4.78, 5) is 38.3. The molecule has 2 fully saturated rings. The lowest BCUT2D eigenvalue weighted by atomic mass is 10.1. The van der Waals surface area contributed by atoms with Crippen LogP contribution in [-0.2, 0) is 11.2 Å². The number of guanidine groups is 1. The number of carbonyl (C=O) groups is 2. The molecule has 3 heterocycles. The maximum absolute atomic E-state index is 13.4. The SMILES string of the molecule is COc1ccc(N2CCN3C2=NC2C3C(=O)N(CCCc3ccccc3)C(=O)N2C)cc1. The molecule has 8 heteroatoms. The van der Waals surface area contributed by atoms with Gasteiger partial charge in [-0.2, -0.15) is 0 Å². The minimum Gasteiger partial charge on any atom is -0.497 e. The van der Waals surface area contributed by atoms with Crippen LogP contribution in [0.25, 0.3) is 0 Å². The third kappa shape index (κ3) is 3.36. The first-order valence-corrected chi connectivity index (χ1v) is 11.0. The molecule has 3 aliphatic heterocycles. The van der Waals surface area contributed by atoms with Crippen molar-refractivity contribution < 1.29 is 14.3 Å². The summed E-state index contributed by atoms with van der Waals surface area (Å²) >= 11 is 0. The van der Waals surface area contributed by atoms with Crippen LogP contribution in [0.2, 0.25) is 0 Å². The van der Waals surface area contributed by atoms with Gasteiger partial charge in [-0.3, -0.25) is 9.69 Å². The Morgan fingerprint density at radius 3 is 2.50 bits per heavy atom. The number of anilines is 1. The van der Waals surface area contributed by atoms with Crippen LogP contribution in [0.4, 0.5) is 10.5 Å². The largest absolute Gasteiger partial charge is 0.497 e. The van der Waals surface area contributed by atoms with E-state index in [9.17, 15) is 9.59 Å². The van der Waals surface area contributed by atoms with E-state index in [2.05, 4.69) is 17.0 Å². The Morgan fingerprint density at radius 2 is 1.78 bits per heavy atom. The summed E-state index contributed by atoms with van der Waals surface area (Å²) < 4.78 is 5.25. The summed E-state index contributed by atoms with van der Waals surface area (Å²) in [6.07, 6.45) is 1.07. The topological polar surface area (TPSA) is 68.7 Å². The fourth-order valence-electron chi connectivity index (χ4n) is 4.74. The van der Waals surface area contributed by atoms with Gasteiger partial charge in [0.25, 0.3) is 5.91 Å². The lowest BCUT2D eigenvalue weighted by Gasteiger charge is -2.40. The van der Waals surface area contributed by atoms with Crippen LogP contribution in [0.15, 0.2) is 59.6 Å². The smallest absolute Gasteiger partial charge is 0.328 e. The zero-order valence-electron chi connectivity index (χ0n) is 18.3. The molecule has 0 bridgehead atoms. The number of imide groups is 1. The highest BCUT2D eigenvalue weighted by Crippen LogP contribution is 2.33. The summed E-state index contributed by atoms with van der Waals surface area (Å²) in [5.41, 5.74) is 2.20. The molecular weight excluding hydrogens is 406 g/mol. The van der Waals surface area contributed by atoms with E-state index in [1.807, 2.05) is 47.4 Å². The van der Waals surface area contributed by atoms with Crippen LogP contribution in [0.5, 0.6) is 5.75 Å². The predicted molar refractivity (Wildman–Crippen MR) is 122 cm³/mol. The predicted octanol–water partition coefficient (Wildman–Crippen LogP) is 2.41. The zero-order valence-corrected chi connectivity index (χ0v) is 18.3. The molecule has 2 aromatic carbocycles. The summed E-state index contributed by atoms with van der Waals surface area (Å²) in [5, 5.41) is 0. The third-order valence-electron chi connectivity index (χ3n) is 6.45. The van der Waals surface area contributed by atoms with Crippen molar-refractivity contribution in [2.24, 2.45) is 4.99 Å². The fraction of sp³-hybridized carbons (Fsp3) is 0.375. The number of hydrogen-bond acceptors (Lipinski definition) is 6. The molecule has 0 aliphatic carbocycles. The standard InChI is InChI=1S/C24H27N5O3/c1-26-21-20(22(30)29(24(26)31)14-6-9-17-7-4-3-5-8-17)28-16-15-27(23(28)25-21)18-10-12-19(32-2)13-11-18/h3-5,7-8,10-13,20-21H,6,9,14-16H2,1-2H3. The van der Waals surface area contributed by atoms with Crippen LogP contribution < -0.4 is 9.64 Å². The number of benzene rings is 2. The van der Waals surface area contributed by atoms with Crippen molar-refractivity contribution in [1.82, 2.24) is 14.7 Å². The fourth-order valence-corrected chi connectivity index (χ4v) is 4.74. The molecule has 166 valence electrons. The lowest BCUT2D eigenvalue weighted by Crippen LogP contribution is -2.64. The van der Waals surface area contributed by atoms with Gasteiger partial charge in [0.2, 0.25) is 5.96 Å². The number of ether oxygens (including phenoxy) is 1. The number of aliphatic imine (C=N–C) groups is 1. The summed E-state index contributed by atoms with van der Waals surface area (Å²) in [6.45, 7) is 1.84. The Kier molecular flexibility index (Phi) is 5.20. The molecule has 5 rings (SSSR count).